The Labute approximate surface area is 203 Å². The molecule has 1 atom stereocenters. The molecule has 1 aliphatic carbocycles. The number of urea groups is 1. The molecular weight excluding hydrogens is 442 g/mol. The van der Waals surface area contributed by atoms with Crippen molar-refractivity contribution in [3.8, 4) is 0 Å². The van der Waals surface area contributed by atoms with Gasteiger partial charge in [-0.15, -0.1) is 0 Å². The summed E-state index contributed by atoms with van der Waals surface area (Å²) in [5, 5.41) is 3.03. The number of hydrogen-bond donors (Lipinski definition) is 1. The number of nitrogens with one attached hydrogen (secondary N) is 1. The van der Waals surface area contributed by atoms with Gasteiger partial charge in [-0.1, -0.05) is 36.4 Å². The van der Waals surface area contributed by atoms with E-state index in [-0.39, 0.29) is 36.3 Å². The lowest BCUT2D eigenvalue weighted by atomic mass is 9.78. The molecule has 2 saturated heterocycles. The molecule has 8 heteroatoms. The first-order valence-corrected chi connectivity index (χ1v) is 12.3. The number of para-hydroxylation sites is 2. The van der Waals surface area contributed by atoms with Crippen molar-refractivity contribution in [2.24, 2.45) is 5.92 Å². The maximum Gasteiger partial charge on any atom is 0.325 e. The summed E-state index contributed by atoms with van der Waals surface area (Å²) in [5.74, 6) is -0.0929. The van der Waals surface area contributed by atoms with Crippen LogP contribution in [0.25, 0.3) is 11.0 Å². The minimum absolute atomic E-state index is 0.00847. The van der Waals surface area contributed by atoms with Crippen molar-refractivity contribution >= 4 is 28.9 Å². The van der Waals surface area contributed by atoms with Gasteiger partial charge in [0.15, 0.2) is 0 Å². The summed E-state index contributed by atoms with van der Waals surface area (Å²) in [7, 11) is 0. The van der Waals surface area contributed by atoms with Crippen LogP contribution in [0.1, 0.15) is 30.9 Å². The fraction of sp³-hybridized carbons (Fsp3) is 0.407. The van der Waals surface area contributed by atoms with Gasteiger partial charge < -0.3 is 14.8 Å². The normalized spacial score (nSPS) is 23.2. The summed E-state index contributed by atoms with van der Waals surface area (Å²) in [4.78, 5) is 47.2. The van der Waals surface area contributed by atoms with Gasteiger partial charge >= 0.3 is 6.03 Å². The van der Waals surface area contributed by atoms with E-state index in [9.17, 15) is 14.4 Å². The number of carbonyl (C=O) groups is 3. The van der Waals surface area contributed by atoms with Crippen LogP contribution in [0.3, 0.4) is 0 Å². The summed E-state index contributed by atoms with van der Waals surface area (Å²) in [6.45, 7) is 3.25. The molecule has 6 rings (SSSR count). The molecule has 2 fully saturated rings. The molecule has 8 nitrogen and oxygen atoms in total. The van der Waals surface area contributed by atoms with Gasteiger partial charge in [-0.25, -0.2) is 9.78 Å². The van der Waals surface area contributed by atoms with E-state index in [1.54, 1.807) is 6.33 Å². The highest BCUT2D eigenvalue weighted by Crippen LogP contribution is 2.36. The molecule has 3 aliphatic rings. The highest BCUT2D eigenvalue weighted by atomic mass is 16.2. The Morgan fingerprint density at radius 1 is 1.03 bits per heavy atom. The fourth-order valence-corrected chi connectivity index (χ4v) is 6.09. The highest BCUT2D eigenvalue weighted by Gasteiger charge is 2.55. The first-order chi connectivity index (χ1) is 16.9. The molecule has 180 valence electrons. The number of fused-ring (bicyclic) bond motifs is 2. The third-order valence-electron chi connectivity index (χ3n) is 8.14. The third-order valence-corrected chi connectivity index (χ3v) is 8.14. The van der Waals surface area contributed by atoms with Crippen molar-refractivity contribution < 1.29 is 14.4 Å². The number of benzene rings is 2. The molecule has 2 aliphatic heterocycles. The Hall–Kier alpha value is -3.68. The van der Waals surface area contributed by atoms with Gasteiger partial charge in [-0.05, 0) is 61.8 Å². The van der Waals surface area contributed by atoms with E-state index in [1.165, 1.54) is 16.0 Å². The molecule has 1 aromatic heterocycles. The van der Waals surface area contributed by atoms with Crippen LogP contribution in [0, 0.1) is 5.92 Å². The predicted octanol–water partition coefficient (Wildman–Crippen LogP) is 2.75. The number of amides is 4. The van der Waals surface area contributed by atoms with Crippen molar-refractivity contribution in [1.29, 1.82) is 0 Å². The summed E-state index contributed by atoms with van der Waals surface area (Å²) < 4.78 is 1.88. The van der Waals surface area contributed by atoms with Crippen molar-refractivity contribution in [2.75, 3.05) is 13.1 Å². The Kier molecular flexibility index (Phi) is 5.12. The maximum absolute atomic E-state index is 13.6. The number of aromatic nitrogens is 2. The smallest absolute Gasteiger partial charge is 0.325 e. The van der Waals surface area contributed by atoms with E-state index < -0.39 is 5.54 Å². The van der Waals surface area contributed by atoms with Gasteiger partial charge in [-0.3, -0.25) is 14.5 Å². The van der Waals surface area contributed by atoms with Gasteiger partial charge in [0.05, 0.1) is 17.4 Å². The van der Waals surface area contributed by atoms with Crippen LogP contribution < -0.4 is 5.32 Å². The zero-order valence-corrected chi connectivity index (χ0v) is 19.8. The van der Waals surface area contributed by atoms with E-state index in [0.717, 1.165) is 11.0 Å². The molecule has 0 radical (unpaired) electrons. The minimum Gasteiger partial charge on any atom is -0.341 e. The van der Waals surface area contributed by atoms with Crippen LogP contribution in [0.2, 0.25) is 0 Å². The second-order valence-corrected chi connectivity index (χ2v) is 10.2. The molecule has 4 amide bonds. The van der Waals surface area contributed by atoms with E-state index in [0.29, 0.717) is 38.8 Å². The minimum atomic E-state index is -0.929. The van der Waals surface area contributed by atoms with Crippen molar-refractivity contribution in [3.05, 3.63) is 66.0 Å². The second-order valence-electron chi connectivity index (χ2n) is 10.2. The molecular formula is C27H29N5O3. The number of carbonyl (C=O) groups excluding carboxylic acids is 3. The number of rotatable bonds is 4. The zero-order valence-electron chi connectivity index (χ0n) is 19.8. The molecule has 1 unspecified atom stereocenters. The lowest BCUT2D eigenvalue weighted by molar-refractivity contribution is -0.136. The lowest BCUT2D eigenvalue weighted by Crippen LogP contribution is -2.55. The Balaban J connectivity index is 1.10. The van der Waals surface area contributed by atoms with Crippen LogP contribution in [-0.2, 0) is 29.0 Å². The molecule has 3 heterocycles. The molecule has 2 aromatic carbocycles. The summed E-state index contributed by atoms with van der Waals surface area (Å²) >= 11 is 0. The first-order valence-electron chi connectivity index (χ1n) is 12.3. The van der Waals surface area contributed by atoms with Crippen molar-refractivity contribution in [2.45, 2.75) is 50.7 Å². The van der Waals surface area contributed by atoms with Gasteiger partial charge in [0.2, 0.25) is 5.91 Å². The Bertz CT molecular complexity index is 1300. The molecule has 35 heavy (non-hydrogen) atoms. The number of imide groups is 1. The van der Waals surface area contributed by atoms with Gasteiger partial charge in [0, 0.05) is 19.1 Å². The predicted molar refractivity (Wildman–Crippen MR) is 130 cm³/mol. The maximum atomic E-state index is 13.6. The zero-order chi connectivity index (χ0) is 24.2. The molecule has 3 aromatic rings. The topological polar surface area (TPSA) is 87.5 Å². The summed E-state index contributed by atoms with van der Waals surface area (Å²) in [5.41, 5.74) is 3.31. The molecule has 0 spiro atoms. The largest absolute Gasteiger partial charge is 0.341 e. The van der Waals surface area contributed by atoms with Crippen LogP contribution in [-0.4, -0.2) is 61.9 Å². The van der Waals surface area contributed by atoms with Crippen LogP contribution >= 0.6 is 0 Å². The highest BCUT2D eigenvalue weighted by molar-refractivity contribution is 6.07. The van der Waals surface area contributed by atoms with Crippen molar-refractivity contribution in [3.63, 3.8) is 0 Å². The number of piperidine rings is 1. The number of nitrogens with zero attached hydrogens (tertiary/aromatic N) is 4. The third kappa shape index (κ3) is 3.59. The van der Waals surface area contributed by atoms with E-state index in [4.69, 9.17) is 0 Å². The quantitative estimate of drug-likeness (QED) is 0.593. The standard InChI is InChI=1S/C27H29N5O3/c1-27(25(34)32(26(35)29-27)21-14-18-6-2-3-7-19(18)15-21)20-10-12-30(13-11-20)24(33)16-31-17-28-22-8-4-5-9-23(22)31/h2-9,17,20-21H,10-16H2,1H3,(H,29,35). The van der Waals surface area contributed by atoms with E-state index in [2.05, 4.69) is 22.4 Å². The molecule has 0 bridgehead atoms. The monoisotopic (exact) mass is 471 g/mol. The molecule has 0 saturated carbocycles. The van der Waals surface area contributed by atoms with Crippen LogP contribution in [0.15, 0.2) is 54.9 Å². The summed E-state index contributed by atoms with van der Waals surface area (Å²) in [6, 6.07) is 15.5. The number of imidazole rings is 1. The SMILES string of the molecule is CC1(C2CCN(C(=O)Cn3cnc4ccccc43)CC2)NC(=O)N(C2Cc3ccccc3C2)C1=O. The van der Waals surface area contributed by atoms with Gasteiger partial charge in [0.1, 0.15) is 12.1 Å². The Morgan fingerprint density at radius 2 is 1.69 bits per heavy atom. The number of hydrogen-bond acceptors (Lipinski definition) is 4. The summed E-state index contributed by atoms with van der Waals surface area (Å²) in [6.07, 6.45) is 4.48. The van der Waals surface area contributed by atoms with Crippen LogP contribution in [0.4, 0.5) is 4.79 Å². The van der Waals surface area contributed by atoms with Crippen LogP contribution in [0.5, 0.6) is 0 Å². The van der Waals surface area contributed by atoms with Gasteiger partial charge in [-0.2, -0.15) is 0 Å². The van der Waals surface area contributed by atoms with Crippen molar-refractivity contribution in [1.82, 2.24) is 24.7 Å². The average Bonchev–Trinajstić information content (AvgIpc) is 3.54. The number of likely N-dealkylation sites (tertiary alicyclic amines) is 1. The molecule has 1 N–H and O–H groups in total. The Morgan fingerprint density at radius 3 is 2.40 bits per heavy atom. The van der Waals surface area contributed by atoms with E-state index in [1.807, 2.05) is 52.8 Å². The van der Waals surface area contributed by atoms with E-state index >= 15 is 0 Å². The van der Waals surface area contributed by atoms with Gasteiger partial charge in [0.25, 0.3) is 5.91 Å². The average molecular weight is 472 g/mol. The lowest BCUT2D eigenvalue weighted by Gasteiger charge is -2.39. The fourth-order valence-electron chi connectivity index (χ4n) is 6.09. The first kappa shape index (κ1) is 21.8. The second kappa shape index (κ2) is 8.22.